The standard InChI is InChI=1S/C16H19N3O6S2/c1-11-7-12(8-16(20)18(11)2)25-13-9-19(10-13)27(23,24)15-5-3-14(4-6-15)26(17,21)22/h3-8,13H,9-10H2,1-2H3,(H2,17,21,22). The van der Waals surface area contributed by atoms with Crippen LogP contribution in [-0.2, 0) is 27.1 Å². The number of hydrogen-bond donors (Lipinski definition) is 1. The molecule has 11 heteroatoms. The van der Waals surface area contributed by atoms with Crippen LogP contribution in [-0.4, -0.2) is 44.9 Å². The van der Waals surface area contributed by atoms with E-state index in [1.54, 1.807) is 20.0 Å². The van der Waals surface area contributed by atoms with E-state index < -0.39 is 20.0 Å². The van der Waals surface area contributed by atoms with Crippen LogP contribution in [0.5, 0.6) is 5.75 Å². The summed E-state index contributed by atoms with van der Waals surface area (Å²) < 4.78 is 56.0. The molecule has 27 heavy (non-hydrogen) atoms. The van der Waals surface area contributed by atoms with Crippen LogP contribution in [0.2, 0.25) is 0 Å². The highest BCUT2D eigenvalue weighted by atomic mass is 32.2. The van der Waals surface area contributed by atoms with E-state index in [1.165, 1.54) is 27.1 Å². The Morgan fingerprint density at radius 3 is 2.11 bits per heavy atom. The molecule has 0 bridgehead atoms. The zero-order valence-electron chi connectivity index (χ0n) is 14.7. The predicted molar refractivity (Wildman–Crippen MR) is 97.4 cm³/mol. The molecule has 0 atom stereocenters. The number of primary sulfonamides is 1. The van der Waals surface area contributed by atoms with Gasteiger partial charge in [-0.3, -0.25) is 4.79 Å². The summed E-state index contributed by atoms with van der Waals surface area (Å²) in [4.78, 5) is 11.6. The van der Waals surface area contributed by atoms with E-state index in [1.807, 2.05) is 0 Å². The van der Waals surface area contributed by atoms with Crippen LogP contribution >= 0.6 is 0 Å². The quantitative estimate of drug-likeness (QED) is 0.722. The minimum Gasteiger partial charge on any atom is -0.487 e. The molecule has 2 heterocycles. The van der Waals surface area contributed by atoms with Crippen LogP contribution in [0.3, 0.4) is 0 Å². The van der Waals surface area contributed by atoms with Gasteiger partial charge in [0.15, 0.2) is 0 Å². The molecule has 3 rings (SSSR count). The number of pyridine rings is 1. The maximum atomic E-state index is 12.6. The largest absolute Gasteiger partial charge is 0.487 e. The summed E-state index contributed by atoms with van der Waals surface area (Å²) >= 11 is 0. The number of hydrogen-bond acceptors (Lipinski definition) is 6. The summed E-state index contributed by atoms with van der Waals surface area (Å²) in [5, 5.41) is 5.01. The van der Waals surface area contributed by atoms with Gasteiger partial charge in [0, 0.05) is 18.8 Å². The summed E-state index contributed by atoms with van der Waals surface area (Å²) in [5.41, 5.74) is 0.528. The third-order valence-corrected chi connectivity index (χ3v) is 7.16. The number of sulfonamides is 2. The first kappa shape index (κ1) is 19.5. The Morgan fingerprint density at radius 2 is 1.59 bits per heavy atom. The molecule has 1 aromatic carbocycles. The Kier molecular flexibility index (Phi) is 4.89. The molecule has 1 fully saturated rings. The Labute approximate surface area is 157 Å². The van der Waals surface area contributed by atoms with Crippen molar-refractivity contribution >= 4 is 20.0 Å². The van der Waals surface area contributed by atoms with Crippen LogP contribution < -0.4 is 15.4 Å². The number of benzene rings is 1. The molecule has 1 aliphatic rings. The zero-order chi connectivity index (χ0) is 20.0. The summed E-state index contributed by atoms with van der Waals surface area (Å²) in [6.45, 7) is 2.04. The van der Waals surface area contributed by atoms with Crippen LogP contribution in [0.4, 0.5) is 0 Å². The van der Waals surface area contributed by atoms with Crippen molar-refractivity contribution in [3.63, 3.8) is 0 Å². The van der Waals surface area contributed by atoms with Gasteiger partial charge in [0.25, 0.3) is 5.56 Å². The summed E-state index contributed by atoms with van der Waals surface area (Å²) in [6.07, 6.45) is -0.366. The van der Waals surface area contributed by atoms with Crippen molar-refractivity contribution in [2.45, 2.75) is 22.8 Å². The summed E-state index contributed by atoms with van der Waals surface area (Å²) in [6, 6.07) is 7.78. The first-order chi connectivity index (χ1) is 12.5. The highest BCUT2D eigenvalue weighted by molar-refractivity contribution is 7.89. The fraction of sp³-hybridized carbons (Fsp3) is 0.312. The summed E-state index contributed by atoms with van der Waals surface area (Å²) in [5.74, 6) is 0.398. The van der Waals surface area contributed by atoms with Gasteiger partial charge in [-0.2, -0.15) is 4.31 Å². The van der Waals surface area contributed by atoms with Crippen LogP contribution in [0.25, 0.3) is 0 Å². The molecule has 0 amide bonds. The molecule has 0 unspecified atom stereocenters. The molecule has 2 N–H and O–H groups in total. The molecular formula is C16H19N3O6S2. The molecule has 9 nitrogen and oxygen atoms in total. The lowest BCUT2D eigenvalue weighted by Gasteiger charge is -2.37. The lowest BCUT2D eigenvalue weighted by Crippen LogP contribution is -2.56. The monoisotopic (exact) mass is 413 g/mol. The summed E-state index contributed by atoms with van der Waals surface area (Å²) in [7, 11) is -5.99. The van der Waals surface area contributed by atoms with Crippen molar-refractivity contribution < 1.29 is 21.6 Å². The smallest absolute Gasteiger partial charge is 0.254 e. The number of aryl methyl sites for hydroxylation is 1. The predicted octanol–water partition coefficient (Wildman–Crippen LogP) is -0.207. The Hall–Kier alpha value is -2.21. The van der Waals surface area contributed by atoms with Crippen molar-refractivity contribution in [2.75, 3.05) is 13.1 Å². The van der Waals surface area contributed by atoms with Crippen LogP contribution in [0.1, 0.15) is 5.69 Å². The highest BCUT2D eigenvalue weighted by Crippen LogP contribution is 2.25. The highest BCUT2D eigenvalue weighted by Gasteiger charge is 2.38. The second-order valence-electron chi connectivity index (χ2n) is 6.31. The maximum absolute atomic E-state index is 12.6. The van der Waals surface area contributed by atoms with Gasteiger partial charge in [-0.05, 0) is 37.3 Å². The SMILES string of the molecule is Cc1cc(OC2CN(S(=O)(=O)c3ccc(S(N)(=O)=O)cc3)C2)cc(=O)n1C. The topological polar surface area (TPSA) is 129 Å². The van der Waals surface area contributed by atoms with Crippen molar-refractivity contribution in [2.24, 2.45) is 12.2 Å². The van der Waals surface area contributed by atoms with E-state index in [0.29, 0.717) is 5.75 Å². The van der Waals surface area contributed by atoms with E-state index in [-0.39, 0.29) is 34.5 Å². The fourth-order valence-corrected chi connectivity index (χ4v) is 4.64. The lowest BCUT2D eigenvalue weighted by molar-refractivity contribution is 0.0759. The Morgan fingerprint density at radius 1 is 1.04 bits per heavy atom. The molecule has 0 saturated carbocycles. The van der Waals surface area contributed by atoms with Gasteiger partial charge in [-0.25, -0.2) is 22.0 Å². The average Bonchev–Trinajstić information content (AvgIpc) is 2.54. The number of nitrogens with two attached hydrogens (primary N) is 1. The van der Waals surface area contributed by atoms with Crippen molar-refractivity contribution in [3.05, 3.63) is 52.4 Å². The molecule has 0 spiro atoms. The second-order valence-corrected chi connectivity index (χ2v) is 9.81. The van der Waals surface area contributed by atoms with Crippen molar-refractivity contribution in [3.8, 4) is 5.75 Å². The van der Waals surface area contributed by atoms with Gasteiger partial charge in [0.2, 0.25) is 20.0 Å². The molecule has 1 aliphatic heterocycles. The lowest BCUT2D eigenvalue weighted by atomic mass is 10.2. The van der Waals surface area contributed by atoms with Gasteiger partial charge in [-0.15, -0.1) is 0 Å². The molecule has 0 aliphatic carbocycles. The normalized spacial score (nSPS) is 16.1. The Bertz CT molecular complexity index is 1130. The molecule has 1 aromatic heterocycles. The number of rotatable bonds is 5. The van der Waals surface area contributed by atoms with E-state index in [9.17, 15) is 21.6 Å². The minimum absolute atomic E-state index is 0.0298. The molecular weight excluding hydrogens is 394 g/mol. The van der Waals surface area contributed by atoms with E-state index >= 15 is 0 Å². The first-order valence-electron chi connectivity index (χ1n) is 7.96. The number of ether oxygens (including phenoxy) is 1. The number of aromatic nitrogens is 1. The maximum Gasteiger partial charge on any atom is 0.254 e. The first-order valence-corrected chi connectivity index (χ1v) is 10.9. The Balaban J connectivity index is 1.69. The van der Waals surface area contributed by atoms with Gasteiger partial charge < -0.3 is 9.30 Å². The molecule has 146 valence electrons. The zero-order valence-corrected chi connectivity index (χ0v) is 16.3. The van der Waals surface area contributed by atoms with Gasteiger partial charge in [-0.1, -0.05) is 0 Å². The van der Waals surface area contributed by atoms with Crippen molar-refractivity contribution in [1.82, 2.24) is 8.87 Å². The molecule has 0 radical (unpaired) electrons. The van der Waals surface area contributed by atoms with E-state index in [4.69, 9.17) is 9.88 Å². The van der Waals surface area contributed by atoms with Gasteiger partial charge >= 0.3 is 0 Å². The number of nitrogens with zero attached hydrogens (tertiary/aromatic N) is 2. The van der Waals surface area contributed by atoms with E-state index in [2.05, 4.69) is 0 Å². The fourth-order valence-electron chi connectivity index (χ4n) is 2.62. The molecule has 1 saturated heterocycles. The van der Waals surface area contributed by atoms with Crippen LogP contribution in [0.15, 0.2) is 51.0 Å². The van der Waals surface area contributed by atoms with Gasteiger partial charge in [0.1, 0.15) is 11.9 Å². The minimum atomic E-state index is -3.89. The molecule has 2 aromatic rings. The van der Waals surface area contributed by atoms with Gasteiger partial charge in [0.05, 0.1) is 22.9 Å². The van der Waals surface area contributed by atoms with E-state index in [0.717, 1.165) is 17.8 Å². The second kappa shape index (κ2) is 6.75. The van der Waals surface area contributed by atoms with Crippen molar-refractivity contribution in [1.29, 1.82) is 0 Å². The third-order valence-electron chi connectivity index (χ3n) is 4.38. The third kappa shape index (κ3) is 3.90. The average molecular weight is 413 g/mol. The van der Waals surface area contributed by atoms with Crippen LogP contribution in [0, 0.1) is 6.92 Å².